The molecule has 22 heavy (non-hydrogen) atoms. The van der Waals surface area contributed by atoms with Crippen molar-refractivity contribution in [3.63, 3.8) is 0 Å². The molecule has 1 unspecified atom stereocenters. The zero-order valence-corrected chi connectivity index (χ0v) is 12.8. The first kappa shape index (κ1) is 15.8. The van der Waals surface area contributed by atoms with Crippen LogP contribution < -0.4 is 10.6 Å². The summed E-state index contributed by atoms with van der Waals surface area (Å²) in [7, 11) is 0. The van der Waals surface area contributed by atoms with E-state index in [1.165, 1.54) is 0 Å². The van der Waals surface area contributed by atoms with E-state index in [2.05, 4.69) is 10.6 Å². The van der Waals surface area contributed by atoms with E-state index in [1.807, 2.05) is 44.2 Å². The van der Waals surface area contributed by atoms with Crippen LogP contribution in [0.3, 0.4) is 0 Å². The Morgan fingerprint density at radius 3 is 2.05 bits per heavy atom. The van der Waals surface area contributed by atoms with E-state index < -0.39 is 0 Å². The Balaban J connectivity index is 2.15. The third-order valence-corrected chi connectivity index (χ3v) is 3.53. The number of carbonyl (C=O) groups is 2. The van der Waals surface area contributed by atoms with Crippen molar-refractivity contribution >= 4 is 23.2 Å². The molecule has 0 radical (unpaired) electrons. The van der Waals surface area contributed by atoms with Gasteiger partial charge in [0.05, 0.1) is 11.4 Å². The van der Waals surface area contributed by atoms with Crippen LogP contribution in [0.25, 0.3) is 0 Å². The molecule has 4 nitrogen and oxygen atoms in total. The zero-order valence-electron chi connectivity index (χ0n) is 12.8. The standard InChI is InChI=1S/C18H20N2O2/c1-3-13(2)17(21)19-15-11-7-8-12-16(15)20-18(22)14-9-5-4-6-10-14/h4-13H,3H2,1-2H3,(H,19,21)(H,20,22). The van der Waals surface area contributed by atoms with E-state index in [9.17, 15) is 9.59 Å². The average molecular weight is 296 g/mol. The number of hydrogen-bond donors (Lipinski definition) is 2. The van der Waals surface area contributed by atoms with Gasteiger partial charge in [-0.1, -0.05) is 44.2 Å². The summed E-state index contributed by atoms with van der Waals surface area (Å²) in [6, 6.07) is 16.2. The molecule has 1 atom stereocenters. The van der Waals surface area contributed by atoms with Gasteiger partial charge in [0.25, 0.3) is 5.91 Å². The lowest BCUT2D eigenvalue weighted by Crippen LogP contribution is -2.21. The Bertz CT molecular complexity index is 653. The summed E-state index contributed by atoms with van der Waals surface area (Å²) in [5.41, 5.74) is 1.77. The van der Waals surface area contributed by atoms with Crippen LogP contribution in [-0.2, 0) is 4.79 Å². The van der Waals surface area contributed by atoms with Crippen molar-refractivity contribution in [1.29, 1.82) is 0 Å². The van der Waals surface area contributed by atoms with Crippen molar-refractivity contribution in [2.45, 2.75) is 20.3 Å². The highest BCUT2D eigenvalue weighted by Crippen LogP contribution is 2.22. The molecular formula is C18H20N2O2. The molecule has 2 aromatic rings. The fourth-order valence-electron chi connectivity index (χ4n) is 1.93. The molecule has 4 heteroatoms. The maximum absolute atomic E-state index is 12.2. The van der Waals surface area contributed by atoms with E-state index in [4.69, 9.17) is 0 Å². The molecule has 0 saturated carbocycles. The second-order valence-electron chi connectivity index (χ2n) is 5.16. The van der Waals surface area contributed by atoms with Gasteiger partial charge >= 0.3 is 0 Å². The molecule has 0 aromatic heterocycles. The first-order chi connectivity index (χ1) is 10.6. The van der Waals surface area contributed by atoms with Gasteiger partial charge in [0.15, 0.2) is 0 Å². The van der Waals surface area contributed by atoms with E-state index in [-0.39, 0.29) is 17.7 Å². The summed E-state index contributed by atoms with van der Waals surface area (Å²) in [5.74, 6) is -0.326. The van der Waals surface area contributed by atoms with Gasteiger partial charge in [-0.3, -0.25) is 9.59 Å². The summed E-state index contributed by atoms with van der Waals surface area (Å²) in [4.78, 5) is 24.2. The fraction of sp³-hybridized carbons (Fsp3) is 0.222. The molecule has 2 amide bonds. The molecule has 0 aliphatic heterocycles. The zero-order chi connectivity index (χ0) is 15.9. The molecular weight excluding hydrogens is 276 g/mol. The van der Waals surface area contributed by atoms with Crippen LogP contribution in [0.4, 0.5) is 11.4 Å². The Morgan fingerprint density at radius 1 is 0.909 bits per heavy atom. The summed E-state index contributed by atoms with van der Waals surface area (Å²) < 4.78 is 0. The van der Waals surface area contributed by atoms with E-state index in [0.717, 1.165) is 6.42 Å². The van der Waals surface area contributed by atoms with Gasteiger partial charge in [0, 0.05) is 11.5 Å². The topological polar surface area (TPSA) is 58.2 Å². The number of benzene rings is 2. The van der Waals surface area contributed by atoms with Crippen molar-refractivity contribution in [3.05, 3.63) is 60.2 Å². The Hall–Kier alpha value is -2.62. The molecule has 0 aliphatic rings. The number of hydrogen-bond acceptors (Lipinski definition) is 2. The molecule has 0 saturated heterocycles. The third kappa shape index (κ3) is 3.95. The predicted molar refractivity (Wildman–Crippen MR) is 88.9 cm³/mol. The van der Waals surface area contributed by atoms with Crippen molar-refractivity contribution in [3.8, 4) is 0 Å². The van der Waals surface area contributed by atoms with Crippen LogP contribution in [0, 0.1) is 5.92 Å². The molecule has 0 spiro atoms. The number of nitrogens with one attached hydrogen (secondary N) is 2. The van der Waals surface area contributed by atoms with Crippen LogP contribution in [-0.4, -0.2) is 11.8 Å². The van der Waals surface area contributed by atoms with Crippen LogP contribution in [0.1, 0.15) is 30.6 Å². The summed E-state index contributed by atoms with van der Waals surface area (Å²) in [6.45, 7) is 3.84. The van der Waals surface area contributed by atoms with E-state index >= 15 is 0 Å². The van der Waals surface area contributed by atoms with E-state index in [0.29, 0.717) is 16.9 Å². The second kappa shape index (κ2) is 7.41. The Kier molecular flexibility index (Phi) is 5.31. The molecule has 2 aromatic carbocycles. The van der Waals surface area contributed by atoms with Crippen LogP contribution in [0.2, 0.25) is 0 Å². The lowest BCUT2D eigenvalue weighted by atomic mass is 10.1. The maximum atomic E-state index is 12.2. The minimum atomic E-state index is -0.203. The highest BCUT2D eigenvalue weighted by atomic mass is 16.2. The first-order valence-corrected chi connectivity index (χ1v) is 7.38. The Morgan fingerprint density at radius 2 is 1.45 bits per heavy atom. The van der Waals surface area contributed by atoms with Gasteiger partial charge in [0.1, 0.15) is 0 Å². The number of anilines is 2. The minimum absolute atomic E-state index is 0.0519. The monoisotopic (exact) mass is 296 g/mol. The molecule has 114 valence electrons. The van der Waals surface area contributed by atoms with Crippen molar-refractivity contribution < 1.29 is 9.59 Å². The van der Waals surface area contributed by atoms with Crippen LogP contribution >= 0.6 is 0 Å². The SMILES string of the molecule is CCC(C)C(=O)Nc1ccccc1NC(=O)c1ccccc1. The van der Waals surface area contributed by atoms with Gasteiger partial charge < -0.3 is 10.6 Å². The second-order valence-corrected chi connectivity index (χ2v) is 5.16. The van der Waals surface area contributed by atoms with Gasteiger partial charge in [-0.25, -0.2) is 0 Å². The van der Waals surface area contributed by atoms with Gasteiger partial charge in [-0.2, -0.15) is 0 Å². The predicted octanol–water partition coefficient (Wildman–Crippen LogP) is 3.92. The average Bonchev–Trinajstić information content (AvgIpc) is 2.56. The van der Waals surface area contributed by atoms with Gasteiger partial charge in [-0.05, 0) is 30.7 Å². The molecule has 2 rings (SSSR count). The Labute approximate surface area is 130 Å². The molecule has 2 N–H and O–H groups in total. The number of carbonyl (C=O) groups excluding carboxylic acids is 2. The van der Waals surface area contributed by atoms with Gasteiger partial charge in [-0.15, -0.1) is 0 Å². The molecule has 0 aliphatic carbocycles. The smallest absolute Gasteiger partial charge is 0.255 e. The summed E-state index contributed by atoms with van der Waals surface area (Å²) >= 11 is 0. The van der Waals surface area contributed by atoms with Crippen molar-refractivity contribution in [2.75, 3.05) is 10.6 Å². The quantitative estimate of drug-likeness (QED) is 0.878. The fourth-order valence-corrected chi connectivity index (χ4v) is 1.93. The van der Waals surface area contributed by atoms with Crippen LogP contribution in [0.15, 0.2) is 54.6 Å². The lowest BCUT2D eigenvalue weighted by molar-refractivity contribution is -0.119. The van der Waals surface area contributed by atoms with Crippen LogP contribution in [0.5, 0.6) is 0 Å². The van der Waals surface area contributed by atoms with Crippen molar-refractivity contribution in [1.82, 2.24) is 0 Å². The normalized spacial score (nSPS) is 11.5. The highest BCUT2D eigenvalue weighted by molar-refractivity contribution is 6.07. The van der Waals surface area contributed by atoms with E-state index in [1.54, 1.807) is 24.3 Å². The summed E-state index contributed by atoms with van der Waals surface area (Å²) in [5, 5.41) is 5.70. The largest absolute Gasteiger partial charge is 0.324 e. The third-order valence-electron chi connectivity index (χ3n) is 3.53. The molecule has 0 bridgehead atoms. The number of rotatable bonds is 5. The van der Waals surface area contributed by atoms with Crippen molar-refractivity contribution in [2.24, 2.45) is 5.92 Å². The maximum Gasteiger partial charge on any atom is 0.255 e. The minimum Gasteiger partial charge on any atom is -0.324 e. The first-order valence-electron chi connectivity index (χ1n) is 7.38. The van der Waals surface area contributed by atoms with Gasteiger partial charge in [0.2, 0.25) is 5.91 Å². The molecule has 0 heterocycles. The molecule has 0 fully saturated rings. The highest BCUT2D eigenvalue weighted by Gasteiger charge is 2.14. The number of amides is 2. The number of para-hydroxylation sites is 2. The summed E-state index contributed by atoms with van der Waals surface area (Å²) in [6.07, 6.45) is 0.768. The lowest BCUT2D eigenvalue weighted by Gasteiger charge is -2.14.